The molecule has 1 aromatic carbocycles. The highest BCUT2D eigenvalue weighted by Gasteiger charge is 2.45. The molecule has 1 aliphatic heterocycles. The molecule has 2 amide bonds. The van der Waals surface area contributed by atoms with Gasteiger partial charge in [-0.1, -0.05) is 37.6 Å². The van der Waals surface area contributed by atoms with Gasteiger partial charge in [0.2, 0.25) is 11.8 Å². The molecular formula is C20H25ClFN5O3. The summed E-state index contributed by atoms with van der Waals surface area (Å²) >= 11 is 5.81. The second kappa shape index (κ2) is 8.31. The molecule has 162 valence electrons. The van der Waals surface area contributed by atoms with Gasteiger partial charge in [0.15, 0.2) is 0 Å². The van der Waals surface area contributed by atoms with E-state index in [9.17, 15) is 19.1 Å². The monoisotopic (exact) mass is 437 g/mol. The quantitative estimate of drug-likeness (QED) is 0.762. The number of aromatic nitrogens is 3. The smallest absolute Gasteiger partial charge is 0.248 e. The molecule has 8 nitrogen and oxygen atoms in total. The van der Waals surface area contributed by atoms with Crippen LogP contribution in [0.2, 0.25) is 5.02 Å². The lowest BCUT2D eigenvalue weighted by molar-refractivity contribution is -0.144. The third kappa shape index (κ3) is 4.32. The molecule has 30 heavy (non-hydrogen) atoms. The summed E-state index contributed by atoms with van der Waals surface area (Å²) in [5.74, 6) is -1.24. The molecule has 0 radical (unpaired) electrons. The van der Waals surface area contributed by atoms with Crippen molar-refractivity contribution in [2.75, 3.05) is 13.6 Å². The van der Waals surface area contributed by atoms with Gasteiger partial charge in [0.25, 0.3) is 0 Å². The van der Waals surface area contributed by atoms with Crippen LogP contribution in [0.5, 0.6) is 0 Å². The number of aliphatic hydroxyl groups excluding tert-OH is 1. The average Bonchev–Trinajstić information content (AvgIpc) is 3.27. The Labute approximate surface area is 179 Å². The Morgan fingerprint density at radius 3 is 2.67 bits per heavy atom. The number of rotatable bonds is 4. The van der Waals surface area contributed by atoms with Crippen LogP contribution in [0.4, 0.5) is 4.39 Å². The largest absolute Gasteiger partial charge is 0.391 e. The molecule has 3 atom stereocenters. The van der Waals surface area contributed by atoms with E-state index in [1.807, 2.05) is 20.8 Å². The number of carbonyl (C=O) groups excluding carboxylic acids is 2. The Bertz CT molecular complexity index is 958. The minimum Gasteiger partial charge on any atom is -0.391 e. The number of halogens is 2. The van der Waals surface area contributed by atoms with E-state index >= 15 is 0 Å². The number of amides is 2. The zero-order chi connectivity index (χ0) is 22.2. The molecule has 1 fully saturated rings. The van der Waals surface area contributed by atoms with E-state index < -0.39 is 29.4 Å². The second-order valence-electron chi connectivity index (χ2n) is 8.49. The maximum absolute atomic E-state index is 14.3. The van der Waals surface area contributed by atoms with Gasteiger partial charge in [-0.2, -0.15) is 0 Å². The zero-order valence-electron chi connectivity index (χ0n) is 17.3. The standard InChI is InChI=1S/C20H25ClFN5O3/c1-20(2,3)17(19(30)26-9-12(28)8-16(26)18(29)23-4)27-10-15(24-25-27)13-6-5-11(21)7-14(13)22/h5-7,10,12,16-17,28H,8-9H2,1-4H3,(H,23,29)/t12-,16+,17-/m1/s1. The van der Waals surface area contributed by atoms with Crippen molar-refractivity contribution in [1.82, 2.24) is 25.2 Å². The van der Waals surface area contributed by atoms with Crippen LogP contribution < -0.4 is 5.32 Å². The zero-order valence-corrected chi connectivity index (χ0v) is 18.0. The molecule has 1 aliphatic rings. The van der Waals surface area contributed by atoms with E-state index in [4.69, 9.17) is 11.6 Å². The third-order valence-corrected chi connectivity index (χ3v) is 5.38. The van der Waals surface area contributed by atoms with E-state index in [0.717, 1.165) is 0 Å². The van der Waals surface area contributed by atoms with Gasteiger partial charge in [0.05, 0.1) is 12.3 Å². The van der Waals surface area contributed by atoms with Gasteiger partial charge in [0.1, 0.15) is 23.6 Å². The fourth-order valence-corrected chi connectivity index (χ4v) is 3.89. The lowest BCUT2D eigenvalue weighted by Crippen LogP contribution is -2.49. The number of carbonyl (C=O) groups is 2. The van der Waals surface area contributed by atoms with Crippen LogP contribution in [0.25, 0.3) is 11.3 Å². The van der Waals surface area contributed by atoms with Crippen LogP contribution >= 0.6 is 11.6 Å². The van der Waals surface area contributed by atoms with Gasteiger partial charge in [-0.15, -0.1) is 5.10 Å². The van der Waals surface area contributed by atoms with Crippen molar-refractivity contribution in [3.05, 3.63) is 35.2 Å². The summed E-state index contributed by atoms with van der Waals surface area (Å²) in [6.07, 6.45) is 0.883. The molecule has 1 saturated heterocycles. The van der Waals surface area contributed by atoms with Gasteiger partial charge in [0, 0.05) is 30.6 Å². The fourth-order valence-electron chi connectivity index (χ4n) is 3.73. The van der Waals surface area contributed by atoms with Crippen LogP contribution in [0.15, 0.2) is 24.4 Å². The normalized spacial score (nSPS) is 20.3. The molecule has 10 heteroatoms. The average molecular weight is 438 g/mol. The number of benzene rings is 1. The number of nitrogens with one attached hydrogen (secondary N) is 1. The number of β-amino-alcohol motifs (C(OH)–C–C–N with tert-alkyl or cyclic N) is 1. The van der Waals surface area contributed by atoms with E-state index in [2.05, 4.69) is 15.6 Å². The second-order valence-corrected chi connectivity index (χ2v) is 8.92. The van der Waals surface area contributed by atoms with E-state index in [-0.39, 0.29) is 41.1 Å². The van der Waals surface area contributed by atoms with Crippen LogP contribution in [0.1, 0.15) is 33.2 Å². The molecule has 2 heterocycles. The Hall–Kier alpha value is -2.52. The number of likely N-dealkylation sites (tertiary alicyclic amines) is 1. The Morgan fingerprint density at radius 2 is 2.07 bits per heavy atom. The van der Waals surface area contributed by atoms with Gasteiger partial charge in [-0.3, -0.25) is 9.59 Å². The molecule has 1 aromatic heterocycles. The Kier molecular flexibility index (Phi) is 6.14. The van der Waals surface area contributed by atoms with Crippen molar-refractivity contribution in [3.63, 3.8) is 0 Å². The first-order valence-electron chi connectivity index (χ1n) is 9.60. The van der Waals surface area contributed by atoms with Crippen molar-refractivity contribution in [2.45, 2.75) is 45.4 Å². The maximum atomic E-state index is 14.3. The molecule has 0 spiro atoms. The summed E-state index contributed by atoms with van der Waals surface area (Å²) in [6, 6.07) is 2.65. The summed E-state index contributed by atoms with van der Waals surface area (Å²) in [5.41, 5.74) is -0.123. The lowest BCUT2D eigenvalue weighted by Gasteiger charge is -2.34. The Morgan fingerprint density at radius 1 is 1.37 bits per heavy atom. The topological polar surface area (TPSA) is 100 Å². The van der Waals surface area contributed by atoms with Crippen molar-refractivity contribution in [1.29, 1.82) is 0 Å². The van der Waals surface area contributed by atoms with Crippen molar-refractivity contribution < 1.29 is 19.1 Å². The van der Waals surface area contributed by atoms with E-state index in [1.165, 1.54) is 35.0 Å². The number of hydrogen-bond acceptors (Lipinski definition) is 5. The van der Waals surface area contributed by atoms with Gasteiger partial charge >= 0.3 is 0 Å². The summed E-state index contributed by atoms with van der Waals surface area (Å²) in [5, 5.41) is 21.0. The molecule has 2 N–H and O–H groups in total. The number of nitrogens with zero attached hydrogens (tertiary/aromatic N) is 4. The van der Waals surface area contributed by atoms with Crippen LogP contribution in [-0.4, -0.2) is 62.6 Å². The van der Waals surface area contributed by atoms with Crippen LogP contribution in [0.3, 0.4) is 0 Å². The van der Waals surface area contributed by atoms with Crippen molar-refractivity contribution >= 4 is 23.4 Å². The highest BCUT2D eigenvalue weighted by atomic mass is 35.5. The number of likely N-dealkylation sites (N-methyl/N-ethyl adjacent to an activating group) is 1. The van der Waals surface area contributed by atoms with E-state index in [1.54, 1.807) is 6.07 Å². The molecule has 2 aromatic rings. The first-order valence-corrected chi connectivity index (χ1v) is 9.98. The van der Waals surface area contributed by atoms with Gasteiger partial charge in [-0.25, -0.2) is 9.07 Å². The summed E-state index contributed by atoms with van der Waals surface area (Å²) in [4.78, 5) is 27.1. The maximum Gasteiger partial charge on any atom is 0.248 e. The summed E-state index contributed by atoms with van der Waals surface area (Å²) < 4.78 is 15.7. The van der Waals surface area contributed by atoms with Crippen LogP contribution in [-0.2, 0) is 9.59 Å². The van der Waals surface area contributed by atoms with Crippen molar-refractivity contribution in [3.8, 4) is 11.3 Å². The van der Waals surface area contributed by atoms with E-state index in [0.29, 0.717) is 0 Å². The first kappa shape index (κ1) is 22.2. The van der Waals surface area contributed by atoms with Crippen molar-refractivity contribution in [2.24, 2.45) is 5.41 Å². The SMILES string of the molecule is CNC(=O)[C@@H]1C[C@@H](O)CN1C(=O)[C@@H](n1cc(-c2ccc(Cl)cc2F)nn1)C(C)(C)C. The first-order chi connectivity index (χ1) is 14.0. The molecule has 3 rings (SSSR count). The number of hydrogen-bond donors (Lipinski definition) is 2. The van der Waals surface area contributed by atoms with Gasteiger partial charge in [-0.05, 0) is 23.6 Å². The number of aliphatic hydroxyl groups is 1. The lowest BCUT2D eigenvalue weighted by atomic mass is 9.85. The third-order valence-electron chi connectivity index (χ3n) is 5.15. The minimum atomic E-state index is -0.813. The molecule has 0 unspecified atom stereocenters. The predicted molar refractivity (Wildman–Crippen MR) is 109 cm³/mol. The fraction of sp³-hybridized carbons (Fsp3) is 0.500. The summed E-state index contributed by atoms with van der Waals surface area (Å²) in [7, 11) is 1.49. The van der Waals surface area contributed by atoms with Gasteiger partial charge < -0.3 is 15.3 Å². The van der Waals surface area contributed by atoms with Crippen LogP contribution in [0, 0.1) is 11.2 Å². The predicted octanol–water partition coefficient (Wildman–Crippen LogP) is 2.03. The molecule has 0 saturated carbocycles. The highest BCUT2D eigenvalue weighted by Crippen LogP contribution is 2.35. The molecule has 0 bridgehead atoms. The highest BCUT2D eigenvalue weighted by molar-refractivity contribution is 6.30. The summed E-state index contributed by atoms with van der Waals surface area (Å²) in [6.45, 7) is 5.64. The minimum absolute atomic E-state index is 0.0524. The Balaban J connectivity index is 1.97. The molecule has 0 aliphatic carbocycles. The molecular weight excluding hydrogens is 413 g/mol.